The average molecular weight is 381 g/mol. The Morgan fingerprint density at radius 1 is 1.08 bits per heavy atom. The van der Waals surface area contributed by atoms with Gasteiger partial charge in [-0.05, 0) is 59.1 Å². The molecular weight excluding hydrogens is 364 g/mol. The fourth-order valence-electron chi connectivity index (χ4n) is 3.14. The molecule has 4 nitrogen and oxygen atoms in total. The highest BCUT2D eigenvalue weighted by atomic mass is 79.9. The molecule has 3 aromatic rings. The third-order valence-corrected chi connectivity index (χ3v) is 4.91. The molecule has 1 aliphatic heterocycles. The van der Waals surface area contributed by atoms with Crippen molar-refractivity contribution in [1.29, 1.82) is 0 Å². The first-order chi connectivity index (χ1) is 11.7. The van der Waals surface area contributed by atoms with Gasteiger partial charge in [0, 0.05) is 22.4 Å². The fraction of sp³-hybridized carbons (Fsp3) is 0.158. The molecule has 2 heterocycles. The molecule has 120 valence electrons. The van der Waals surface area contributed by atoms with Gasteiger partial charge in [-0.2, -0.15) is 4.98 Å². The maximum absolute atomic E-state index is 4.72. The summed E-state index contributed by atoms with van der Waals surface area (Å²) in [7, 11) is 0. The predicted molar refractivity (Wildman–Crippen MR) is 101 cm³/mol. The number of rotatable bonds is 3. The number of hydrogen-bond donors (Lipinski definition) is 1. The maximum Gasteiger partial charge on any atom is 0.229 e. The number of nitrogens with one attached hydrogen (secondary N) is 1. The van der Waals surface area contributed by atoms with E-state index in [2.05, 4.69) is 62.3 Å². The number of fused-ring (bicyclic) bond motifs is 1. The van der Waals surface area contributed by atoms with Gasteiger partial charge in [0.25, 0.3) is 0 Å². The Kier molecular flexibility index (Phi) is 3.94. The molecule has 1 atom stereocenters. The first kappa shape index (κ1) is 15.1. The second-order valence-electron chi connectivity index (χ2n) is 5.90. The molecule has 1 aliphatic rings. The van der Waals surface area contributed by atoms with Crippen LogP contribution in [0.2, 0.25) is 0 Å². The number of hydrogen-bond acceptors (Lipinski definition) is 4. The van der Waals surface area contributed by atoms with Crippen molar-refractivity contribution in [1.82, 2.24) is 9.97 Å². The Morgan fingerprint density at radius 2 is 1.88 bits per heavy atom. The summed E-state index contributed by atoms with van der Waals surface area (Å²) in [6, 6.07) is 18.8. The molecule has 0 fully saturated rings. The van der Waals surface area contributed by atoms with Gasteiger partial charge in [0.2, 0.25) is 5.95 Å². The van der Waals surface area contributed by atoms with Crippen molar-refractivity contribution < 1.29 is 0 Å². The standard InChI is InChI=1S/C19H17BrN4/c1-13-12-14-6-2-5-9-17(14)24(13)18-10-11-21-19(23-18)22-16-8-4-3-7-15(16)20/h2-11,13H,12H2,1H3,(H,21,22,23). The molecule has 0 aliphatic carbocycles. The average Bonchev–Trinajstić information content (AvgIpc) is 2.93. The van der Waals surface area contributed by atoms with Gasteiger partial charge in [-0.1, -0.05) is 30.3 Å². The molecule has 4 rings (SSSR count). The summed E-state index contributed by atoms with van der Waals surface area (Å²) in [6.07, 6.45) is 2.84. The normalized spacial score (nSPS) is 16.1. The van der Waals surface area contributed by atoms with Crippen LogP contribution < -0.4 is 10.2 Å². The van der Waals surface area contributed by atoms with Gasteiger partial charge in [-0.3, -0.25) is 0 Å². The molecule has 1 aromatic heterocycles. The Morgan fingerprint density at radius 3 is 2.75 bits per heavy atom. The molecule has 0 radical (unpaired) electrons. The molecular formula is C19H17BrN4. The van der Waals surface area contributed by atoms with Crippen molar-refractivity contribution in [3.8, 4) is 0 Å². The van der Waals surface area contributed by atoms with Crippen molar-refractivity contribution in [3.05, 3.63) is 70.8 Å². The smallest absolute Gasteiger partial charge is 0.229 e. The summed E-state index contributed by atoms with van der Waals surface area (Å²) in [5.74, 6) is 1.51. The van der Waals surface area contributed by atoms with E-state index in [0.717, 1.165) is 22.4 Å². The van der Waals surface area contributed by atoms with Crippen LogP contribution in [0.1, 0.15) is 12.5 Å². The van der Waals surface area contributed by atoms with E-state index >= 15 is 0 Å². The van der Waals surface area contributed by atoms with Crippen molar-refractivity contribution >= 4 is 39.1 Å². The molecule has 0 spiro atoms. The first-order valence-corrected chi connectivity index (χ1v) is 8.73. The minimum atomic E-state index is 0.383. The Bertz CT molecular complexity index is 881. The highest BCUT2D eigenvalue weighted by Crippen LogP contribution is 2.37. The number of para-hydroxylation sites is 2. The molecule has 0 saturated heterocycles. The first-order valence-electron chi connectivity index (χ1n) is 7.94. The van der Waals surface area contributed by atoms with Gasteiger partial charge >= 0.3 is 0 Å². The zero-order chi connectivity index (χ0) is 16.5. The lowest BCUT2D eigenvalue weighted by Gasteiger charge is -2.24. The van der Waals surface area contributed by atoms with Crippen LogP contribution >= 0.6 is 15.9 Å². The minimum absolute atomic E-state index is 0.383. The molecule has 0 amide bonds. The Labute approximate surface area is 149 Å². The van der Waals surface area contributed by atoms with Gasteiger partial charge < -0.3 is 10.2 Å². The highest BCUT2D eigenvalue weighted by Gasteiger charge is 2.27. The second-order valence-corrected chi connectivity index (χ2v) is 6.75. The number of nitrogens with zero attached hydrogens (tertiary/aromatic N) is 3. The van der Waals surface area contributed by atoms with Crippen LogP contribution in [0.4, 0.5) is 23.1 Å². The van der Waals surface area contributed by atoms with Gasteiger partial charge in [0.05, 0.1) is 5.69 Å². The van der Waals surface area contributed by atoms with Gasteiger partial charge in [0.15, 0.2) is 0 Å². The third-order valence-electron chi connectivity index (χ3n) is 4.22. The highest BCUT2D eigenvalue weighted by molar-refractivity contribution is 9.10. The van der Waals surface area contributed by atoms with Crippen LogP contribution in [0.3, 0.4) is 0 Å². The van der Waals surface area contributed by atoms with Crippen LogP contribution in [-0.2, 0) is 6.42 Å². The quantitative estimate of drug-likeness (QED) is 0.688. The van der Waals surface area contributed by atoms with Crippen molar-refractivity contribution in [3.63, 3.8) is 0 Å². The van der Waals surface area contributed by atoms with E-state index in [1.54, 1.807) is 6.20 Å². The van der Waals surface area contributed by atoms with Gasteiger partial charge in [0.1, 0.15) is 5.82 Å². The summed E-state index contributed by atoms with van der Waals surface area (Å²) in [5.41, 5.74) is 3.55. The van der Waals surface area contributed by atoms with Crippen LogP contribution in [0, 0.1) is 0 Å². The van der Waals surface area contributed by atoms with E-state index in [0.29, 0.717) is 12.0 Å². The van der Waals surface area contributed by atoms with Crippen molar-refractivity contribution in [2.75, 3.05) is 10.2 Å². The van der Waals surface area contributed by atoms with E-state index in [1.807, 2.05) is 30.3 Å². The third kappa shape index (κ3) is 2.76. The summed E-state index contributed by atoms with van der Waals surface area (Å²) in [4.78, 5) is 11.4. The summed E-state index contributed by atoms with van der Waals surface area (Å²) in [5, 5.41) is 3.28. The zero-order valence-corrected chi connectivity index (χ0v) is 14.9. The molecule has 24 heavy (non-hydrogen) atoms. The van der Waals surface area contributed by atoms with Crippen LogP contribution in [0.25, 0.3) is 0 Å². The molecule has 0 bridgehead atoms. The van der Waals surface area contributed by atoms with Gasteiger partial charge in [-0.25, -0.2) is 4.98 Å². The molecule has 5 heteroatoms. The van der Waals surface area contributed by atoms with Crippen molar-refractivity contribution in [2.45, 2.75) is 19.4 Å². The van der Waals surface area contributed by atoms with Crippen LogP contribution in [-0.4, -0.2) is 16.0 Å². The Hall–Kier alpha value is -2.40. The molecule has 0 saturated carbocycles. The lowest BCUT2D eigenvalue weighted by molar-refractivity contribution is 0.749. The predicted octanol–water partition coefficient (Wildman–Crippen LogP) is 5.07. The monoisotopic (exact) mass is 380 g/mol. The lowest BCUT2D eigenvalue weighted by Crippen LogP contribution is -2.25. The van der Waals surface area contributed by atoms with E-state index in [-0.39, 0.29) is 0 Å². The van der Waals surface area contributed by atoms with Crippen LogP contribution in [0.15, 0.2) is 65.3 Å². The molecule has 1 unspecified atom stereocenters. The fourth-order valence-corrected chi connectivity index (χ4v) is 3.53. The lowest BCUT2D eigenvalue weighted by atomic mass is 10.1. The van der Waals surface area contributed by atoms with Gasteiger partial charge in [-0.15, -0.1) is 0 Å². The molecule has 2 aromatic carbocycles. The Balaban J connectivity index is 1.67. The number of anilines is 4. The number of halogens is 1. The summed E-state index contributed by atoms with van der Waals surface area (Å²) >= 11 is 3.54. The largest absolute Gasteiger partial charge is 0.323 e. The van der Waals surface area contributed by atoms with Crippen LogP contribution in [0.5, 0.6) is 0 Å². The van der Waals surface area contributed by atoms with E-state index in [4.69, 9.17) is 4.98 Å². The van der Waals surface area contributed by atoms with E-state index < -0.39 is 0 Å². The maximum atomic E-state index is 4.72. The number of aromatic nitrogens is 2. The van der Waals surface area contributed by atoms with E-state index in [9.17, 15) is 0 Å². The summed E-state index contributed by atoms with van der Waals surface area (Å²) in [6.45, 7) is 2.23. The second kappa shape index (κ2) is 6.24. The van der Waals surface area contributed by atoms with Crippen molar-refractivity contribution in [2.24, 2.45) is 0 Å². The SMILES string of the molecule is CC1Cc2ccccc2N1c1ccnc(Nc2ccccc2Br)n1. The summed E-state index contributed by atoms with van der Waals surface area (Å²) < 4.78 is 0.985. The zero-order valence-electron chi connectivity index (χ0n) is 13.3. The topological polar surface area (TPSA) is 41.1 Å². The van der Waals surface area contributed by atoms with E-state index in [1.165, 1.54) is 11.3 Å². The molecule has 1 N–H and O–H groups in total. The number of benzene rings is 2. The minimum Gasteiger partial charge on any atom is -0.323 e.